The molecule has 1 unspecified atom stereocenters. The molecule has 6 heteroatoms. The van der Waals surface area contributed by atoms with E-state index in [0.717, 1.165) is 17.1 Å². The Balaban J connectivity index is 2.22. The number of aromatic carboxylic acids is 1. The molecule has 0 amide bonds. The summed E-state index contributed by atoms with van der Waals surface area (Å²) in [6.07, 6.45) is 1.45. The number of aryl methyl sites for hydroxylation is 1. The third-order valence-corrected chi connectivity index (χ3v) is 5.31. The highest BCUT2D eigenvalue weighted by atomic mass is 32.2. The summed E-state index contributed by atoms with van der Waals surface area (Å²) in [4.78, 5) is 25.8. The third kappa shape index (κ3) is 2.42. The van der Waals surface area contributed by atoms with Crippen molar-refractivity contribution in [2.75, 3.05) is 18.7 Å². The van der Waals surface area contributed by atoms with Crippen LogP contribution in [0.1, 0.15) is 28.9 Å². The van der Waals surface area contributed by atoms with E-state index in [-0.39, 0.29) is 5.56 Å². The van der Waals surface area contributed by atoms with Gasteiger partial charge in [0, 0.05) is 35.8 Å². The van der Waals surface area contributed by atoms with Crippen LogP contribution in [0.5, 0.6) is 0 Å². The summed E-state index contributed by atoms with van der Waals surface area (Å²) in [6.45, 7) is 2.57. The van der Waals surface area contributed by atoms with E-state index < -0.39 is 11.4 Å². The van der Waals surface area contributed by atoms with Crippen LogP contribution >= 0.6 is 11.8 Å². The zero-order chi connectivity index (χ0) is 15.9. The zero-order valence-electron chi connectivity index (χ0n) is 12.6. The first-order chi connectivity index (χ1) is 10.5. The second-order valence-electron chi connectivity index (χ2n) is 5.51. The highest BCUT2D eigenvalue weighted by molar-refractivity contribution is 7.99. The summed E-state index contributed by atoms with van der Waals surface area (Å²) in [5.41, 5.74) is 1.40. The molecule has 1 atom stereocenters. The lowest BCUT2D eigenvalue weighted by Gasteiger charge is -2.20. The maximum atomic E-state index is 12.3. The van der Waals surface area contributed by atoms with E-state index in [0.29, 0.717) is 18.0 Å². The van der Waals surface area contributed by atoms with Crippen LogP contribution in [0.4, 0.5) is 0 Å². The van der Waals surface area contributed by atoms with Gasteiger partial charge in [-0.2, -0.15) is 0 Å². The van der Waals surface area contributed by atoms with E-state index in [1.54, 1.807) is 6.07 Å². The number of pyridine rings is 1. The van der Waals surface area contributed by atoms with Crippen LogP contribution in [0.3, 0.4) is 0 Å². The van der Waals surface area contributed by atoms with Gasteiger partial charge in [-0.25, -0.2) is 4.79 Å². The molecule has 0 radical (unpaired) electrons. The Kier molecular flexibility index (Phi) is 3.97. The molecule has 3 rings (SSSR count). The maximum absolute atomic E-state index is 12.3. The van der Waals surface area contributed by atoms with Crippen LogP contribution in [-0.2, 0) is 6.54 Å². The number of nitrogens with zero attached hydrogens (tertiary/aromatic N) is 2. The Morgan fingerprint density at radius 2 is 2.23 bits per heavy atom. The van der Waals surface area contributed by atoms with Gasteiger partial charge in [-0.05, 0) is 31.7 Å². The molecule has 1 aliphatic heterocycles. The fourth-order valence-corrected chi connectivity index (χ4v) is 4.15. The van der Waals surface area contributed by atoms with Gasteiger partial charge >= 0.3 is 5.97 Å². The summed E-state index contributed by atoms with van der Waals surface area (Å²) >= 11 is 1.89. The van der Waals surface area contributed by atoms with Crippen molar-refractivity contribution in [3.8, 4) is 0 Å². The quantitative estimate of drug-likeness (QED) is 0.941. The topological polar surface area (TPSA) is 62.5 Å². The average molecular weight is 318 g/mol. The standard InChI is InChI=1S/C16H18N2O3S/c1-3-18-7-12(16(20)21)15(19)11-5-4-10(6-13(11)18)14-8-22-9-17(14)2/h4-7,14H,3,8-9H2,1-2H3,(H,20,21). The van der Waals surface area contributed by atoms with Crippen LogP contribution < -0.4 is 5.43 Å². The minimum absolute atomic E-state index is 0.171. The third-order valence-electron chi connectivity index (χ3n) is 4.16. The number of hydrogen-bond acceptors (Lipinski definition) is 4. The Hall–Kier alpha value is -1.79. The van der Waals surface area contributed by atoms with E-state index >= 15 is 0 Å². The lowest BCUT2D eigenvalue weighted by molar-refractivity contribution is 0.0695. The first kappa shape index (κ1) is 15.1. The molecule has 5 nitrogen and oxygen atoms in total. The predicted molar refractivity (Wildman–Crippen MR) is 88.7 cm³/mol. The second-order valence-corrected chi connectivity index (χ2v) is 6.51. The van der Waals surface area contributed by atoms with Crippen molar-refractivity contribution < 1.29 is 9.90 Å². The molecule has 2 heterocycles. The second kappa shape index (κ2) is 5.78. The van der Waals surface area contributed by atoms with Gasteiger partial charge in [0.15, 0.2) is 0 Å². The number of fused-ring (bicyclic) bond motifs is 1. The number of aromatic nitrogens is 1. The van der Waals surface area contributed by atoms with Crippen molar-refractivity contribution in [3.63, 3.8) is 0 Å². The minimum atomic E-state index is -1.18. The molecular weight excluding hydrogens is 300 g/mol. The van der Waals surface area contributed by atoms with Gasteiger partial charge < -0.3 is 9.67 Å². The number of carbonyl (C=O) groups is 1. The zero-order valence-corrected chi connectivity index (χ0v) is 13.4. The first-order valence-corrected chi connectivity index (χ1v) is 8.36. The van der Waals surface area contributed by atoms with Crippen LogP contribution in [0.2, 0.25) is 0 Å². The van der Waals surface area contributed by atoms with E-state index in [1.807, 2.05) is 35.4 Å². The van der Waals surface area contributed by atoms with Crippen LogP contribution in [0, 0.1) is 0 Å². The molecular formula is C16H18N2O3S. The molecule has 1 fully saturated rings. The van der Waals surface area contributed by atoms with Crippen LogP contribution in [-0.4, -0.2) is 39.2 Å². The Labute approximate surface area is 132 Å². The van der Waals surface area contributed by atoms with Crippen molar-refractivity contribution >= 4 is 28.6 Å². The van der Waals surface area contributed by atoms with Crippen molar-refractivity contribution in [2.24, 2.45) is 0 Å². The molecule has 1 aromatic heterocycles. The molecule has 0 saturated carbocycles. The van der Waals surface area contributed by atoms with E-state index in [1.165, 1.54) is 11.8 Å². The van der Waals surface area contributed by atoms with Crippen molar-refractivity contribution in [3.05, 3.63) is 45.7 Å². The Morgan fingerprint density at radius 3 is 2.82 bits per heavy atom. The highest BCUT2D eigenvalue weighted by Crippen LogP contribution is 2.32. The van der Waals surface area contributed by atoms with Gasteiger partial charge in [0.2, 0.25) is 5.43 Å². The number of thioether (sulfide) groups is 1. The average Bonchev–Trinajstić information content (AvgIpc) is 2.93. The van der Waals surface area contributed by atoms with Gasteiger partial charge in [0.05, 0.1) is 5.52 Å². The normalized spacial score (nSPS) is 18.9. The molecule has 2 aromatic rings. The SMILES string of the molecule is CCn1cc(C(=O)O)c(=O)c2ccc(C3CSCN3C)cc21. The number of benzene rings is 1. The van der Waals surface area contributed by atoms with Crippen molar-refractivity contribution in [1.29, 1.82) is 0 Å². The van der Waals surface area contributed by atoms with Gasteiger partial charge in [-0.3, -0.25) is 9.69 Å². The number of carboxylic acids is 1. The summed E-state index contributed by atoms with van der Waals surface area (Å²) in [5, 5.41) is 9.66. The van der Waals surface area contributed by atoms with Gasteiger partial charge in [-0.1, -0.05) is 6.07 Å². The molecule has 1 saturated heterocycles. The largest absolute Gasteiger partial charge is 0.477 e. The number of carboxylic acid groups (broad SMARTS) is 1. The number of rotatable bonds is 3. The van der Waals surface area contributed by atoms with Gasteiger partial charge in [0.25, 0.3) is 0 Å². The fourth-order valence-electron chi connectivity index (χ4n) is 2.90. The van der Waals surface area contributed by atoms with Crippen LogP contribution in [0.15, 0.2) is 29.2 Å². The van der Waals surface area contributed by atoms with Crippen LogP contribution in [0.25, 0.3) is 10.9 Å². The van der Waals surface area contributed by atoms with Crippen molar-refractivity contribution in [1.82, 2.24) is 9.47 Å². The van der Waals surface area contributed by atoms with Gasteiger partial charge in [-0.15, -0.1) is 11.8 Å². The minimum Gasteiger partial charge on any atom is -0.477 e. The molecule has 1 N–H and O–H groups in total. The molecule has 22 heavy (non-hydrogen) atoms. The Bertz CT molecular complexity index is 800. The molecule has 1 aliphatic rings. The van der Waals surface area contributed by atoms with Crippen molar-refractivity contribution in [2.45, 2.75) is 19.5 Å². The molecule has 0 bridgehead atoms. The maximum Gasteiger partial charge on any atom is 0.341 e. The molecule has 1 aromatic carbocycles. The summed E-state index contributed by atoms with van der Waals surface area (Å²) in [5.74, 6) is 0.859. The number of hydrogen-bond donors (Lipinski definition) is 1. The van der Waals surface area contributed by atoms with Gasteiger partial charge in [0.1, 0.15) is 5.56 Å². The lowest BCUT2D eigenvalue weighted by atomic mass is 10.0. The highest BCUT2D eigenvalue weighted by Gasteiger charge is 2.24. The fraction of sp³-hybridized carbons (Fsp3) is 0.375. The lowest BCUT2D eigenvalue weighted by Crippen LogP contribution is -2.21. The summed E-state index contributed by atoms with van der Waals surface area (Å²) in [7, 11) is 2.09. The van der Waals surface area contributed by atoms with E-state index in [2.05, 4.69) is 11.9 Å². The smallest absolute Gasteiger partial charge is 0.341 e. The van der Waals surface area contributed by atoms with E-state index in [4.69, 9.17) is 0 Å². The Morgan fingerprint density at radius 1 is 1.45 bits per heavy atom. The molecule has 0 aliphatic carbocycles. The molecule has 0 spiro atoms. The predicted octanol–water partition coefficient (Wildman–Crippen LogP) is 2.40. The summed E-state index contributed by atoms with van der Waals surface area (Å²) < 4.78 is 1.84. The molecule has 116 valence electrons. The summed E-state index contributed by atoms with van der Waals surface area (Å²) in [6, 6.07) is 6.08. The monoisotopic (exact) mass is 318 g/mol. The first-order valence-electron chi connectivity index (χ1n) is 7.21. The van der Waals surface area contributed by atoms with E-state index in [9.17, 15) is 14.7 Å².